The SMILES string of the molecule is CCOc1cc(CNc2ccc(Cl)c(C(=O)O)c2)ccc1OCc1ccc(Cl)cc1Cl. The van der Waals surface area contributed by atoms with Crippen molar-refractivity contribution in [1.82, 2.24) is 0 Å². The minimum Gasteiger partial charge on any atom is -0.490 e. The molecule has 0 bridgehead atoms. The molecule has 0 radical (unpaired) electrons. The van der Waals surface area contributed by atoms with Crippen LogP contribution in [0.15, 0.2) is 54.6 Å². The molecule has 0 fully saturated rings. The number of anilines is 1. The van der Waals surface area contributed by atoms with E-state index in [-0.39, 0.29) is 17.2 Å². The fraction of sp³-hybridized carbons (Fsp3) is 0.174. The number of aromatic carboxylic acids is 1. The second-order valence-electron chi connectivity index (χ2n) is 6.59. The molecule has 0 amide bonds. The number of hydrogen-bond donors (Lipinski definition) is 2. The van der Waals surface area contributed by atoms with Crippen LogP contribution in [0, 0.1) is 0 Å². The van der Waals surface area contributed by atoms with Gasteiger partial charge < -0.3 is 19.9 Å². The topological polar surface area (TPSA) is 67.8 Å². The van der Waals surface area contributed by atoms with Gasteiger partial charge in [0.25, 0.3) is 0 Å². The molecule has 0 aliphatic rings. The third kappa shape index (κ3) is 6.20. The van der Waals surface area contributed by atoms with Gasteiger partial charge in [-0.2, -0.15) is 0 Å². The first-order valence-corrected chi connectivity index (χ1v) is 10.6. The number of carbonyl (C=O) groups is 1. The van der Waals surface area contributed by atoms with E-state index in [2.05, 4.69) is 5.32 Å². The Morgan fingerprint density at radius 1 is 0.935 bits per heavy atom. The molecule has 0 spiro atoms. The molecule has 0 saturated carbocycles. The molecule has 3 rings (SSSR count). The molecule has 0 aliphatic heterocycles. The fourth-order valence-corrected chi connectivity index (χ4v) is 3.51. The molecule has 0 aliphatic carbocycles. The Balaban J connectivity index is 1.71. The van der Waals surface area contributed by atoms with Crippen LogP contribution < -0.4 is 14.8 Å². The zero-order valence-electron chi connectivity index (χ0n) is 16.6. The van der Waals surface area contributed by atoms with E-state index >= 15 is 0 Å². The third-order valence-corrected chi connectivity index (χ3v) is 5.32. The summed E-state index contributed by atoms with van der Waals surface area (Å²) < 4.78 is 11.6. The Kier molecular flexibility index (Phi) is 7.91. The van der Waals surface area contributed by atoms with E-state index in [9.17, 15) is 9.90 Å². The van der Waals surface area contributed by atoms with Gasteiger partial charge in [-0.05, 0) is 55.0 Å². The molecule has 0 unspecified atom stereocenters. The number of hydrogen-bond acceptors (Lipinski definition) is 4. The summed E-state index contributed by atoms with van der Waals surface area (Å²) in [6.07, 6.45) is 0. The zero-order chi connectivity index (χ0) is 22.4. The van der Waals surface area contributed by atoms with E-state index in [1.165, 1.54) is 6.07 Å². The van der Waals surface area contributed by atoms with E-state index in [0.29, 0.717) is 40.4 Å². The molecular formula is C23H20Cl3NO4. The summed E-state index contributed by atoms with van der Waals surface area (Å²) in [6.45, 7) is 3.11. The Hall–Kier alpha value is -2.60. The van der Waals surface area contributed by atoms with Crippen molar-refractivity contribution in [1.29, 1.82) is 0 Å². The normalized spacial score (nSPS) is 10.6. The minimum atomic E-state index is -1.07. The number of benzene rings is 3. The highest BCUT2D eigenvalue weighted by molar-refractivity contribution is 6.35. The van der Waals surface area contributed by atoms with Crippen molar-refractivity contribution >= 4 is 46.5 Å². The average molecular weight is 481 g/mol. The van der Waals surface area contributed by atoms with E-state index in [1.807, 2.05) is 31.2 Å². The largest absolute Gasteiger partial charge is 0.490 e. The maximum atomic E-state index is 11.2. The Morgan fingerprint density at radius 3 is 2.45 bits per heavy atom. The summed E-state index contributed by atoms with van der Waals surface area (Å²) in [4.78, 5) is 11.2. The van der Waals surface area contributed by atoms with Gasteiger partial charge in [-0.1, -0.05) is 46.9 Å². The lowest BCUT2D eigenvalue weighted by molar-refractivity contribution is 0.0697. The van der Waals surface area contributed by atoms with Gasteiger partial charge in [0.05, 0.1) is 17.2 Å². The molecule has 5 nitrogen and oxygen atoms in total. The molecule has 3 aromatic carbocycles. The van der Waals surface area contributed by atoms with Crippen LogP contribution in [-0.4, -0.2) is 17.7 Å². The summed E-state index contributed by atoms with van der Waals surface area (Å²) in [6, 6.07) is 15.6. The maximum absolute atomic E-state index is 11.2. The maximum Gasteiger partial charge on any atom is 0.337 e. The van der Waals surface area contributed by atoms with Crippen molar-refractivity contribution in [3.63, 3.8) is 0 Å². The third-order valence-electron chi connectivity index (χ3n) is 4.40. The van der Waals surface area contributed by atoms with Gasteiger partial charge in [0.2, 0.25) is 0 Å². The average Bonchev–Trinajstić information content (AvgIpc) is 2.73. The molecule has 3 aromatic rings. The van der Waals surface area contributed by atoms with Gasteiger partial charge in [0.15, 0.2) is 11.5 Å². The van der Waals surface area contributed by atoms with Gasteiger partial charge in [0.1, 0.15) is 6.61 Å². The predicted octanol–water partition coefficient (Wildman–Crippen LogP) is 6.93. The first-order chi connectivity index (χ1) is 14.9. The molecule has 162 valence electrons. The first-order valence-electron chi connectivity index (χ1n) is 9.46. The van der Waals surface area contributed by atoms with Crippen LogP contribution in [0.3, 0.4) is 0 Å². The van der Waals surface area contributed by atoms with Crippen molar-refractivity contribution in [2.45, 2.75) is 20.1 Å². The lowest BCUT2D eigenvalue weighted by Gasteiger charge is -2.15. The second kappa shape index (κ2) is 10.6. The summed E-state index contributed by atoms with van der Waals surface area (Å²) >= 11 is 18.1. The van der Waals surface area contributed by atoms with Gasteiger partial charge in [-0.25, -0.2) is 4.79 Å². The molecule has 8 heteroatoms. The highest BCUT2D eigenvalue weighted by Gasteiger charge is 2.11. The number of carboxylic acid groups (broad SMARTS) is 1. The Labute approximate surface area is 195 Å². The van der Waals surface area contributed by atoms with Crippen LogP contribution in [0.2, 0.25) is 15.1 Å². The van der Waals surface area contributed by atoms with E-state index in [0.717, 1.165) is 11.1 Å². The molecule has 0 atom stereocenters. The zero-order valence-corrected chi connectivity index (χ0v) is 18.9. The molecule has 0 aromatic heterocycles. The highest BCUT2D eigenvalue weighted by Crippen LogP contribution is 2.31. The van der Waals surface area contributed by atoms with Gasteiger partial charge >= 0.3 is 5.97 Å². The monoisotopic (exact) mass is 479 g/mol. The standard InChI is InChI=1S/C23H20Cl3NO4/c1-2-30-22-9-14(12-27-17-6-7-19(25)18(11-17)23(28)29)3-8-21(22)31-13-15-4-5-16(24)10-20(15)26/h3-11,27H,2,12-13H2,1H3,(H,28,29). The van der Waals surface area contributed by atoms with Crippen molar-refractivity contribution in [3.8, 4) is 11.5 Å². The van der Waals surface area contributed by atoms with E-state index in [4.69, 9.17) is 44.3 Å². The summed E-state index contributed by atoms with van der Waals surface area (Å²) in [5, 5.41) is 13.7. The van der Waals surface area contributed by atoms with Gasteiger partial charge in [-0.3, -0.25) is 0 Å². The lowest BCUT2D eigenvalue weighted by atomic mass is 10.1. The van der Waals surface area contributed by atoms with Crippen LogP contribution in [0.5, 0.6) is 11.5 Å². The lowest BCUT2D eigenvalue weighted by Crippen LogP contribution is -2.04. The van der Waals surface area contributed by atoms with Gasteiger partial charge in [-0.15, -0.1) is 0 Å². The summed E-state index contributed by atoms with van der Waals surface area (Å²) in [5.41, 5.74) is 2.45. The van der Waals surface area contributed by atoms with Crippen LogP contribution >= 0.6 is 34.8 Å². The van der Waals surface area contributed by atoms with Crippen molar-refractivity contribution in [3.05, 3.63) is 86.4 Å². The predicted molar refractivity (Wildman–Crippen MR) is 124 cm³/mol. The van der Waals surface area contributed by atoms with Crippen LogP contribution in [0.4, 0.5) is 5.69 Å². The molecule has 0 saturated heterocycles. The van der Waals surface area contributed by atoms with E-state index in [1.54, 1.807) is 24.3 Å². The second-order valence-corrected chi connectivity index (χ2v) is 7.84. The highest BCUT2D eigenvalue weighted by atomic mass is 35.5. The summed E-state index contributed by atoms with van der Waals surface area (Å²) in [7, 11) is 0. The first kappa shape index (κ1) is 23.1. The van der Waals surface area contributed by atoms with Crippen LogP contribution in [0.25, 0.3) is 0 Å². The number of halogens is 3. The van der Waals surface area contributed by atoms with Crippen molar-refractivity contribution in [2.24, 2.45) is 0 Å². The minimum absolute atomic E-state index is 0.0475. The number of ether oxygens (including phenoxy) is 2. The smallest absolute Gasteiger partial charge is 0.337 e. The number of nitrogens with one attached hydrogen (secondary N) is 1. The Bertz CT molecular complexity index is 1090. The van der Waals surface area contributed by atoms with E-state index < -0.39 is 5.97 Å². The molecule has 0 heterocycles. The molecule has 31 heavy (non-hydrogen) atoms. The van der Waals surface area contributed by atoms with Crippen LogP contribution in [-0.2, 0) is 13.2 Å². The van der Waals surface area contributed by atoms with Crippen LogP contribution in [0.1, 0.15) is 28.4 Å². The molecule has 2 N–H and O–H groups in total. The Morgan fingerprint density at radius 2 is 1.74 bits per heavy atom. The number of carboxylic acids is 1. The fourth-order valence-electron chi connectivity index (χ4n) is 2.85. The van der Waals surface area contributed by atoms with Crippen molar-refractivity contribution < 1.29 is 19.4 Å². The van der Waals surface area contributed by atoms with Crippen molar-refractivity contribution in [2.75, 3.05) is 11.9 Å². The van der Waals surface area contributed by atoms with Gasteiger partial charge in [0, 0.05) is 27.8 Å². The summed E-state index contributed by atoms with van der Waals surface area (Å²) in [5.74, 6) is 0.125. The quantitative estimate of drug-likeness (QED) is 0.347. The molecular weight excluding hydrogens is 461 g/mol. The number of rotatable bonds is 9.